The van der Waals surface area contributed by atoms with Gasteiger partial charge in [-0.1, -0.05) is 51.5 Å². The van der Waals surface area contributed by atoms with Gasteiger partial charge < -0.3 is 15.8 Å². The van der Waals surface area contributed by atoms with Crippen LogP contribution in [0.1, 0.15) is 73.2 Å². The van der Waals surface area contributed by atoms with Crippen molar-refractivity contribution < 1.29 is 42.6 Å². The summed E-state index contributed by atoms with van der Waals surface area (Å²) in [7, 11) is 0. The number of para-hydroxylation sites is 1. The van der Waals surface area contributed by atoms with Gasteiger partial charge in [-0.3, -0.25) is 6.08 Å². The Balaban J connectivity index is -0.000000466. The van der Waals surface area contributed by atoms with Crippen LogP contribution in [0, 0.1) is 12.0 Å². The molecule has 0 bridgehead atoms. The van der Waals surface area contributed by atoms with Crippen molar-refractivity contribution in [2.24, 2.45) is 0 Å². The van der Waals surface area contributed by atoms with E-state index in [1.54, 1.807) is 17.4 Å². The molecule has 0 amide bonds. The molecule has 1 atom stereocenters. The summed E-state index contributed by atoms with van der Waals surface area (Å²) >= 11 is 1.70. The molecule has 1 aromatic carbocycles. The standard InChI is InChI=1S/C14H12NS.C9H19O2.2C2H6.Y/c1-3-5-8-11(4-2)14-15-12-9-6-7-10-13(12)16-14;1-8(2)5-7-11-9(3)4-6-10;2*1-2;/h4-10H,1H2,2H3;9-10H,4-7H2,1-3H3;2*1-2H3;/q2*-1;;;/b8-5-,11-4+;;;;. The summed E-state index contributed by atoms with van der Waals surface area (Å²) in [5.41, 5.74) is 2.16. The minimum atomic E-state index is 0. The summed E-state index contributed by atoms with van der Waals surface area (Å²) in [6, 6.07) is 8.17. The summed E-state index contributed by atoms with van der Waals surface area (Å²) in [4.78, 5) is 4.59. The first kappa shape index (κ1) is 35.9. The van der Waals surface area contributed by atoms with E-state index < -0.39 is 0 Å². The number of nitrogens with zero attached hydrogens (tertiary/aromatic N) is 1. The van der Waals surface area contributed by atoms with E-state index in [4.69, 9.17) is 9.84 Å². The fraction of sp³-hybridized carbons (Fsp3) is 0.481. The van der Waals surface area contributed by atoms with E-state index in [1.807, 2.05) is 71.9 Å². The van der Waals surface area contributed by atoms with Gasteiger partial charge in [-0.15, -0.1) is 11.3 Å². The minimum absolute atomic E-state index is 0. The molecule has 179 valence electrons. The van der Waals surface area contributed by atoms with Crippen LogP contribution in [-0.2, 0) is 37.4 Å². The Morgan fingerprint density at radius 3 is 2.38 bits per heavy atom. The fourth-order valence-corrected chi connectivity index (χ4v) is 3.19. The Bertz CT molecular complexity index is 705. The zero-order valence-electron chi connectivity index (χ0n) is 21.4. The molecular formula is C27H43NO2SY-2. The van der Waals surface area contributed by atoms with E-state index in [0.29, 0.717) is 0 Å². The van der Waals surface area contributed by atoms with Gasteiger partial charge in [-0.2, -0.15) is 26.8 Å². The third kappa shape index (κ3) is 16.9. The SMILES string of the molecule is C=[C-]/C=C\C(=C/C)c1nc2ccccc2s1.CC.CC.C[C-](C)CCOC(C)CCO.[Y]. The predicted octanol–water partition coefficient (Wildman–Crippen LogP) is 8.07. The van der Waals surface area contributed by atoms with E-state index in [9.17, 15) is 0 Å². The number of rotatable bonds is 9. The van der Waals surface area contributed by atoms with Crippen molar-refractivity contribution in [2.75, 3.05) is 13.2 Å². The molecular weight excluding hydrogens is 491 g/mol. The first-order valence-electron chi connectivity index (χ1n) is 11.2. The van der Waals surface area contributed by atoms with Gasteiger partial charge in [0.2, 0.25) is 0 Å². The van der Waals surface area contributed by atoms with E-state index in [1.165, 1.54) is 10.6 Å². The van der Waals surface area contributed by atoms with Crippen molar-refractivity contribution in [2.45, 2.75) is 74.3 Å². The molecule has 1 radical (unpaired) electrons. The molecule has 1 unspecified atom stereocenters. The quantitative estimate of drug-likeness (QED) is 0.261. The molecule has 0 spiro atoms. The number of ether oxygens (including phenoxy) is 1. The molecule has 0 aliphatic heterocycles. The number of aliphatic hydroxyl groups excluding tert-OH is 1. The number of aliphatic hydroxyl groups is 1. The normalized spacial score (nSPS) is 11.4. The molecule has 1 N–H and O–H groups in total. The zero-order chi connectivity index (χ0) is 24.1. The topological polar surface area (TPSA) is 42.4 Å². The largest absolute Gasteiger partial charge is 0.396 e. The van der Waals surface area contributed by atoms with Gasteiger partial charge in [-0.25, -0.2) is 17.1 Å². The third-order valence-electron chi connectivity index (χ3n) is 3.77. The molecule has 0 aliphatic rings. The van der Waals surface area contributed by atoms with Crippen molar-refractivity contribution in [3.05, 3.63) is 66.1 Å². The molecule has 32 heavy (non-hydrogen) atoms. The average Bonchev–Trinajstić information content (AvgIpc) is 3.21. The minimum Gasteiger partial charge on any atom is -0.396 e. The van der Waals surface area contributed by atoms with Crippen molar-refractivity contribution in [1.82, 2.24) is 4.98 Å². The molecule has 0 aliphatic carbocycles. The monoisotopic (exact) mass is 534 g/mol. The third-order valence-corrected chi connectivity index (χ3v) is 4.86. The molecule has 2 aromatic rings. The maximum Gasteiger partial charge on any atom is 0.106 e. The van der Waals surface area contributed by atoms with Gasteiger partial charge in [0.15, 0.2) is 0 Å². The van der Waals surface area contributed by atoms with Crippen LogP contribution >= 0.6 is 11.3 Å². The number of allylic oxidation sites excluding steroid dienone is 5. The summed E-state index contributed by atoms with van der Waals surface area (Å²) in [5.74, 6) is 1.39. The molecule has 1 aromatic heterocycles. The number of thiazole rings is 1. The Morgan fingerprint density at radius 1 is 1.25 bits per heavy atom. The Hall–Kier alpha value is -0.646. The Morgan fingerprint density at radius 2 is 1.88 bits per heavy atom. The second-order valence-electron chi connectivity index (χ2n) is 6.42. The van der Waals surface area contributed by atoms with Crippen molar-refractivity contribution >= 4 is 27.1 Å². The van der Waals surface area contributed by atoms with Crippen LogP contribution < -0.4 is 0 Å². The van der Waals surface area contributed by atoms with Gasteiger partial charge in [0.25, 0.3) is 0 Å². The second kappa shape index (κ2) is 25.0. The molecule has 2 rings (SSSR count). The Kier molecular flexibility index (Phi) is 28.1. The molecule has 1 heterocycles. The smallest absolute Gasteiger partial charge is 0.106 e. The summed E-state index contributed by atoms with van der Waals surface area (Å²) in [6.07, 6.45) is 10.5. The van der Waals surface area contributed by atoms with Gasteiger partial charge in [0.1, 0.15) is 5.01 Å². The van der Waals surface area contributed by atoms with Crippen LogP contribution in [0.15, 0.2) is 49.1 Å². The van der Waals surface area contributed by atoms with Crippen LogP contribution in [0.2, 0.25) is 0 Å². The molecule has 0 saturated heterocycles. The zero-order valence-corrected chi connectivity index (χ0v) is 25.1. The molecule has 5 heteroatoms. The van der Waals surface area contributed by atoms with Gasteiger partial charge in [0.05, 0.1) is 16.3 Å². The van der Waals surface area contributed by atoms with E-state index >= 15 is 0 Å². The number of fused-ring (bicyclic) bond motifs is 1. The van der Waals surface area contributed by atoms with Crippen LogP contribution in [0.5, 0.6) is 0 Å². The second-order valence-corrected chi connectivity index (χ2v) is 7.45. The van der Waals surface area contributed by atoms with Crippen LogP contribution in [0.3, 0.4) is 0 Å². The maximum absolute atomic E-state index is 8.56. The van der Waals surface area contributed by atoms with Crippen molar-refractivity contribution in [1.29, 1.82) is 0 Å². The average molecular weight is 535 g/mol. The first-order chi connectivity index (χ1) is 15.0. The van der Waals surface area contributed by atoms with Crippen LogP contribution in [-0.4, -0.2) is 29.4 Å². The first-order valence-corrected chi connectivity index (χ1v) is 12.1. The summed E-state index contributed by atoms with van der Waals surface area (Å²) in [5, 5.41) is 9.60. The van der Waals surface area contributed by atoms with Gasteiger partial charge in [-0.05, 0) is 32.4 Å². The van der Waals surface area contributed by atoms with E-state index in [2.05, 4.69) is 37.6 Å². The van der Waals surface area contributed by atoms with E-state index in [-0.39, 0.29) is 45.4 Å². The molecule has 3 nitrogen and oxygen atoms in total. The summed E-state index contributed by atoms with van der Waals surface area (Å²) < 4.78 is 6.63. The Labute approximate surface area is 227 Å². The van der Waals surface area contributed by atoms with Gasteiger partial charge >= 0.3 is 0 Å². The van der Waals surface area contributed by atoms with E-state index in [0.717, 1.165) is 35.5 Å². The van der Waals surface area contributed by atoms with Crippen molar-refractivity contribution in [3.63, 3.8) is 0 Å². The fourth-order valence-electron chi connectivity index (χ4n) is 2.16. The van der Waals surface area contributed by atoms with Crippen LogP contribution in [0.25, 0.3) is 15.8 Å². The van der Waals surface area contributed by atoms with Crippen LogP contribution in [0.4, 0.5) is 0 Å². The summed E-state index contributed by atoms with van der Waals surface area (Å²) in [6.45, 7) is 20.7. The number of aromatic nitrogens is 1. The number of benzene rings is 1. The predicted molar refractivity (Wildman–Crippen MR) is 140 cm³/mol. The molecule has 0 saturated carbocycles. The maximum atomic E-state index is 8.56. The number of hydrogen-bond acceptors (Lipinski definition) is 4. The number of hydrogen-bond donors (Lipinski definition) is 1. The molecule has 0 fully saturated rings. The van der Waals surface area contributed by atoms with Crippen molar-refractivity contribution in [3.8, 4) is 0 Å². The van der Waals surface area contributed by atoms with Gasteiger partial charge in [0, 0.05) is 45.9 Å².